The van der Waals surface area contributed by atoms with Gasteiger partial charge in [0.2, 0.25) is 0 Å². The van der Waals surface area contributed by atoms with Gasteiger partial charge in [-0.3, -0.25) is 5.43 Å². The van der Waals surface area contributed by atoms with Gasteiger partial charge in [0.05, 0.1) is 26.0 Å². The van der Waals surface area contributed by atoms with Crippen LogP contribution < -0.4 is 25.0 Å². The van der Waals surface area contributed by atoms with Crippen LogP contribution in [0.1, 0.15) is 21.5 Å². The van der Waals surface area contributed by atoms with Gasteiger partial charge in [0.1, 0.15) is 5.75 Å². The number of rotatable bonds is 8. The number of hydrogen-bond donors (Lipinski definition) is 2. The molecule has 0 radical (unpaired) electrons. The van der Waals surface area contributed by atoms with Gasteiger partial charge in [0.25, 0.3) is 0 Å². The van der Waals surface area contributed by atoms with Crippen LogP contribution in [0.15, 0.2) is 77.9 Å². The van der Waals surface area contributed by atoms with Crippen LogP contribution in [-0.4, -0.2) is 31.5 Å². The molecule has 0 unspecified atom stereocenters. The lowest BCUT2D eigenvalue weighted by Gasteiger charge is -2.10. The van der Waals surface area contributed by atoms with Gasteiger partial charge in [0, 0.05) is 6.54 Å². The average molecular weight is 450 g/mol. The Morgan fingerprint density at radius 2 is 1.72 bits per heavy atom. The maximum atomic E-state index is 12.4. The summed E-state index contributed by atoms with van der Waals surface area (Å²) in [7, 11) is 3.06. The number of thiocarbonyl (C=S) groups is 1. The van der Waals surface area contributed by atoms with Crippen molar-refractivity contribution < 1.29 is 19.0 Å². The standard InChI is InChI=1S/C24H23N3O4S/c1-29-20-11-9-19(10-12-20)23(28)31-21-13-8-18(14-22(21)30-2)16-26-27-24(32)25-15-17-6-4-3-5-7-17/h3-14,16H,15H2,1-2H3,(H2,25,27,32). The smallest absolute Gasteiger partial charge is 0.343 e. The van der Waals surface area contributed by atoms with E-state index in [9.17, 15) is 4.79 Å². The van der Waals surface area contributed by atoms with Crippen LogP contribution >= 0.6 is 12.2 Å². The highest BCUT2D eigenvalue weighted by Crippen LogP contribution is 2.28. The van der Waals surface area contributed by atoms with Crippen LogP contribution in [-0.2, 0) is 6.54 Å². The second-order valence-corrected chi connectivity index (χ2v) is 6.97. The molecular weight excluding hydrogens is 426 g/mol. The number of nitrogens with one attached hydrogen (secondary N) is 2. The zero-order valence-corrected chi connectivity index (χ0v) is 18.5. The molecule has 32 heavy (non-hydrogen) atoms. The first-order valence-electron chi connectivity index (χ1n) is 9.74. The van der Waals surface area contributed by atoms with Crippen LogP contribution in [0.4, 0.5) is 0 Å². The van der Waals surface area contributed by atoms with E-state index >= 15 is 0 Å². The van der Waals surface area contributed by atoms with Crippen LogP contribution in [0, 0.1) is 0 Å². The molecule has 0 amide bonds. The van der Waals surface area contributed by atoms with E-state index in [0.29, 0.717) is 34.5 Å². The quantitative estimate of drug-likeness (QED) is 0.177. The zero-order valence-electron chi connectivity index (χ0n) is 17.7. The van der Waals surface area contributed by atoms with Gasteiger partial charge < -0.3 is 19.5 Å². The van der Waals surface area contributed by atoms with Gasteiger partial charge in [-0.15, -0.1) is 0 Å². The Morgan fingerprint density at radius 1 is 0.969 bits per heavy atom. The van der Waals surface area contributed by atoms with Gasteiger partial charge >= 0.3 is 5.97 Å². The number of ether oxygens (including phenoxy) is 3. The fraction of sp³-hybridized carbons (Fsp3) is 0.125. The van der Waals surface area contributed by atoms with E-state index in [2.05, 4.69) is 15.8 Å². The van der Waals surface area contributed by atoms with Crippen LogP contribution in [0.25, 0.3) is 0 Å². The average Bonchev–Trinajstić information content (AvgIpc) is 2.84. The number of nitrogens with zero attached hydrogens (tertiary/aromatic N) is 1. The van der Waals surface area contributed by atoms with E-state index in [1.54, 1.807) is 55.8 Å². The third-order valence-electron chi connectivity index (χ3n) is 4.39. The molecule has 3 rings (SSSR count). The summed E-state index contributed by atoms with van der Waals surface area (Å²) in [6, 6.07) is 21.7. The molecule has 3 aromatic rings. The molecule has 3 aromatic carbocycles. The summed E-state index contributed by atoms with van der Waals surface area (Å²) < 4.78 is 15.9. The highest BCUT2D eigenvalue weighted by atomic mass is 32.1. The molecule has 0 bridgehead atoms. The van der Waals surface area contributed by atoms with Gasteiger partial charge in [-0.1, -0.05) is 30.3 Å². The highest BCUT2D eigenvalue weighted by molar-refractivity contribution is 7.80. The lowest BCUT2D eigenvalue weighted by Crippen LogP contribution is -2.31. The molecule has 0 heterocycles. The summed E-state index contributed by atoms with van der Waals surface area (Å²) in [5, 5.41) is 7.61. The lowest BCUT2D eigenvalue weighted by molar-refractivity contribution is 0.0729. The summed E-state index contributed by atoms with van der Waals surface area (Å²) in [5.41, 5.74) is 5.03. The van der Waals surface area contributed by atoms with Gasteiger partial charge in [-0.25, -0.2) is 4.79 Å². The minimum absolute atomic E-state index is 0.304. The van der Waals surface area contributed by atoms with E-state index in [4.69, 9.17) is 26.4 Å². The molecule has 0 saturated carbocycles. The van der Waals surface area contributed by atoms with Gasteiger partial charge in [0.15, 0.2) is 16.6 Å². The molecule has 0 atom stereocenters. The Kier molecular flexibility index (Phi) is 8.16. The molecule has 0 aliphatic heterocycles. The Hall–Kier alpha value is -3.91. The number of benzene rings is 3. The fourth-order valence-corrected chi connectivity index (χ4v) is 2.84. The SMILES string of the molecule is COc1ccc(C(=O)Oc2ccc(C=NNC(=S)NCc3ccccc3)cc2OC)cc1. The number of carbonyl (C=O) groups is 1. The summed E-state index contributed by atoms with van der Waals surface area (Å²) in [6.45, 7) is 0.601. The van der Waals surface area contributed by atoms with Crippen molar-refractivity contribution in [3.8, 4) is 17.2 Å². The maximum Gasteiger partial charge on any atom is 0.343 e. The molecule has 7 nitrogen and oxygen atoms in total. The molecule has 0 aliphatic rings. The molecular formula is C24H23N3O4S. The van der Waals surface area contributed by atoms with Crippen molar-refractivity contribution in [2.45, 2.75) is 6.54 Å². The second kappa shape index (κ2) is 11.5. The number of carbonyl (C=O) groups excluding carboxylic acids is 1. The first-order valence-corrected chi connectivity index (χ1v) is 10.1. The van der Waals surface area contributed by atoms with Crippen molar-refractivity contribution in [1.82, 2.24) is 10.7 Å². The van der Waals surface area contributed by atoms with E-state index in [1.165, 1.54) is 7.11 Å². The zero-order chi connectivity index (χ0) is 22.8. The molecule has 0 fully saturated rings. The summed E-state index contributed by atoms with van der Waals surface area (Å²) in [4.78, 5) is 12.4. The van der Waals surface area contributed by atoms with Crippen LogP contribution in [0.2, 0.25) is 0 Å². The monoisotopic (exact) mass is 449 g/mol. The van der Waals surface area contributed by atoms with E-state index in [0.717, 1.165) is 11.1 Å². The van der Waals surface area contributed by atoms with Crippen LogP contribution in [0.3, 0.4) is 0 Å². The Bertz CT molecular complexity index is 1090. The molecule has 0 saturated heterocycles. The lowest BCUT2D eigenvalue weighted by atomic mass is 10.2. The number of hydrogen-bond acceptors (Lipinski definition) is 6. The minimum Gasteiger partial charge on any atom is -0.497 e. The van der Waals surface area contributed by atoms with Crippen molar-refractivity contribution in [1.29, 1.82) is 0 Å². The fourth-order valence-electron chi connectivity index (χ4n) is 2.72. The Morgan fingerprint density at radius 3 is 2.41 bits per heavy atom. The molecule has 2 N–H and O–H groups in total. The predicted molar refractivity (Wildman–Crippen MR) is 128 cm³/mol. The third kappa shape index (κ3) is 6.55. The van der Waals surface area contributed by atoms with Gasteiger partial charge in [-0.05, 0) is 65.8 Å². The van der Waals surface area contributed by atoms with Crippen molar-refractivity contribution >= 4 is 29.5 Å². The summed E-state index contributed by atoms with van der Waals surface area (Å²) >= 11 is 5.22. The highest BCUT2D eigenvalue weighted by Gasteiger charge is 2.13. The first kappa shape index (κ1) is 22.8. The Labute approximate surface area is 192 Å². The van der Waals surface area contributed by atoms with Crippen LogP contribution in [0.5, 0.6) is 17.2 Å². The topological polar surface area (TPSA) is 81.2 Å². The summed E-state index contributed by atoms with van der Waals surface area (Å²) in [6.07, 6.45) is 1.59. The van der Waals surface area contributed by atoms with Gasteiger partial charge in [-0.2, -0.15) is 5.10 Å². The largest absolute Gasteiger partial charge is 0.497 e. The molecule has 0 aromatic heterocycles. The van der Waals surface area contributed by atoms with E-state index in [1.807, 2.05) is 30.3 Å². The van der Waals surface area contributed by atoms with Crippen molar-refractivity contribution in [2.75, 3.05) is 14.2 Å². The summed E-state index contributed by atoms with van der Waals surface area (Å²) in [5.74, 6) is 0.870. The molecule has 0 spiro atoms. The third-order valence-corrected chi connectivity index (χ3v) is 4.63. The van der Waals surface area contributed by atoms with E-state index < -0.39 is 5.97 Å². The minimum atomic E-state index is -0.496. The normalized spacial score (nSPS) is 10.4. The van der Waals surface area contributed by atoms with E-state index in [-0.39, 0.29) is 0 Å². The maximum absolute atomic E-state index is 12.4. The predicted octanol–water partition coefficient (Wildman–Crippen LogP) is 3.92. The number of hydrazone groups is 1. The Balaban J connectivity index is 1.56. The molecule has 164 valence electrons. The first-order chi connectivity index (χ1) is 15.6. The van der Waals surface area contributed by atoms with Crippen molar-refractivity contribution in [2.24, 2.45) is 5.10 Å². The molecule has 8 heteroatoms. The number of methoxy groups -OCH3 is 2. The second-order valence-electron chi connectivity index (χ2n) is 6.57. The van der Waals surface area contributed by atoms with Crippen molar-refractivity contribution in [3.63, 3.8) is 0 Å². The van der Waals surface area contributed by atoms with Crippen molar-refractivity contribution in [3.05, 3.63) is 89.5 Å². The number of esters is 1. The molecule has 0 aliphatic carbocycles.